The first-order chi connectivity index (χ1) is 10.1. The molecule has 0 spiro atoms. The van der Waals surface area contributed by atoms with Crippen LogP contribution < -0.4 is 0 Å². The maximum atomic E-state index is 12.9. The lowest BCUT2D eigenvalue weighted by molar-refractivity contribution is -0.150. The second-order valence-electron chi connectivity index (χ2n) is 6.51. The Kier molecular flexibility index (Phi) is 5.62. The molecule has 1 saturated heterocycles. The summed E-state index contributed by atoms with van der Waals surface area (Å²) >= 11 is 0. The van der Waals surface area contributed by atoms with Crippen LogP contribution in [-0.2, 0) is 9.59 Å². The van der Waals surface area contributed by atoms with Crippen LogP contribution in [0.15, 0.2) is 0 Å². The van der Waals surface area contributed by atoms with Crippen molar-refractivity contribution >= 4 is 11.9 Å². The number of carbonyl (C=O) groups is 2. The van der Waals surface area contributed by atoms with E-state index < -0.39 is 17.8 Å². The third-order valence-electron chi connectivity index (χ3n) is 5.24. The molecule has 1 aliphatic carbocycles. The Morgan fingerprint density at radius 2 is 1.86 bits per heavy atom. The Morgan fingerprint density at radius 3 is 2.48 bits per heavy atom. The number of aliphatic hydroxyl groups is 1. The fourth-order valence-corrected chi connectivity index (χ4v) is 3.89. The number of hydrogen-bond acceptors (Lipinski definition) is 3. The van der Waals surface area contributed by atoms with Gasteiger partial charge in [-0.05, 0) is 31.6 Å². The highest BCUT2D eigenvalue weighted by Gasteiger charge is 2.44. The summed E-state index contributed by atoms with van der Waals surface area (Å²) in [4.78, 5) is 26.1. The van der Waals surface area contributed by atoms with E-state index in [1.54, 1.807) is 4.90 Å². The van der Waals surface area contributed by atoms with Gasteiger partial charge in [-0.25, -0.2) is 0 Å². The van der Waals surface area contributed by atoms with E-state index in [0.29, 0.717) is 25.3 Å². The lowest BCUT2D eigenvalue weighted by atomic mass is 9.94. The third kappa shape index (κ3) is 3.57. The zero-order valence-electron chi connectivity index (χ0n) is 12.8. The van der Waals surface area contributed by atoms with Crippen molar-refractivity contribution in [3.8, 4) is 0 Å². The molecule has 2 rings (SSSR count). The van der Waals surface area contributed by atoms with E-state index in [-0.39, 0.29) is 18.6 Å². The molecule has 0 radical (unpaired) electrons. The summed E-state index contributed by atoms with van der Waals surface area (Å²) in [5, 5.41) is 18.9. The number of carboxylic acid groups (broad SMARTS) is 1. The standard InChI is InChI=1S/C16H27NO4/c1-2-11-8-13(14(9-11)16(20)21)15(19)17-7-5-3-4-6-12(17)10-18/h11-14,18H,2-10H2,1H3,(H,20,21). The predicted molar refractivity (Wildman–Crippen MR) is 78.7 cm³/mol. The van der Waals surface area contributed by atoms with Crippen molar-refractivity contribution in [2.75, 3.05) is 13.2 Å². The molecule has 1 saturated carbocycles. The van der Waals surface area contributed by atoms with Crippen molar-refractivity contribution in [3.05, 3.63) is 0 Å². The quantitative estimate of drug-likeness (QED) is 0.830. The van der Waals surface area contributed by atoms with Crippen molar-refractivity contribution in [3.63, 3.8) is 0 Å². The van der Waals surface area contributed by atoms with E-state index in [1.807, 2.05) is 0 Å². The number of amides is 1. The first-order valence-electron chi connectivity index (χ1n) is 8.22. The van der Waals surface area contributed by atoms with Crippen molar-refractivity contribution in [2.45, 2.75) is 57.9 Å². The van der Waals surface area contributed by atoms with Gasteiger partial charge in [0.05, 0.1) is 24.5 Å². The summed E-state index contributed by atoms with van der Waals surface area (Å²) in [5.41, 5.74) is 0. The van der Waals surface area contributed by atoms with Crippen molar-refractivity contribution in [1.29, 1.82) is 0 Å². The molecule has 0 aromatic heterocycles. The molecule has 1 heterocycles. The number of likely N-dealkylation sites (tertiary alicyclic amines) is 1. The lowest BCUT2D eigenvalue weighted by Crippen LogP contribution is -2.46. The molecule has 5 heteroatoms. The van der Waals surface area contributed by atoms with E-state index in [2.05, 4.69) is 6.92 Å². The largest absolute Gasteiger partial charge is 0.481 e. The normalized spacial score (nSPS) is 33.7. The monoisotopic (exact) mass is 297 g/mol. The minimum Gasteiger partial charge on any atom is -0.481 e. The SMILES string of the molecule is CCC1CC(C(=O)O)C(C(=O)N2CCCCCC2CO)C1. The average molecular weight is 297 g/mol. The van der Waals surface area contributed by atoms with Gasteiger partial charge in [0, 0.05) is 6.54 Å². The number of carboxylic acids is 1. The minimum absolute atomic E-state index is 0.0204. The Bertz CT molecular complexity index is 384. The van der Waals surface area contributed by atoms with Crippen LogP contribution in [0.3, 0.4) is 0 Å². The van der Waals surface area contributed by atoms with Crippen LogP contribution in [0.4, 0.5) is 0 Å². The third-order valence-corrected chi connectivity index (χ3v) is 5.24. The van der Waals surface area contributed by atoms with Gasteiger partial charge in [-0.2, -0.15) is 0 Å². The molecule has 4 atom stereocenters. The van der Waals surface area contributed by atoms with Gasteiger partial charge in [-0.15, -0.1) is 0 Å². The Balaban J connectivity index is 2.13. The van der Waals surface area contributed by atoms with Crippen molar-refractivity contribution in [1.82, 2.24) is 4.90 Å². The molecule has 2 fully saturated rings. The van der Waals surface area contributed by atoms with Gasteiger partial charge in [0.25, 0.3) is 0 Å². The van der Waals surface area contributed by atoms with Crippen molar-refractivity contribution in [2.24, 2.45) is 17.8 Å². The summed E-state index contributed by atoms with van der Waals surface area (Å²) in [6.45, 7) is 2.69. The highest BCUT2D eigenvalue weighted by molar-refractivity contribution is 5.85. The summed E-state index contributed by atoms with van der Waals surface area (Å²) in [5.74, 6) is -1.51. The zero-order valence-corrected chi connectivity index (χ0v) is 12.8. The zero-order chi connectivity index (χ0) is 15.4. The molecule has 0 aromatic carbocycles. The minimum atomic E-state index is -0.848. The molecule has 120 valence electrons. The van der Waals surface area contributed by atoms with Crippen LogP contribution in [0, 0.1) is 17.8 Å². The number of rotatable bonds is 4. The molecule has 1 amide bonds. The second kappa shape index (κ2) is 7.25. The number of nitrogens with zero attached hydrogens (tertiary/aromatic N) is 1. The van der Waals surface area contributed by atoms with Crippen LogP contribution >= 0.6 is 0 Å². The fraction of sp³-hybridized carbons (Fsp3) is 0.875. The predicted octanol–water partition coefficient (Wildman–Crippen LogP) is 1.89. The van der Waals surface area contributed by atoms with E-state index in [9.17, 15) is 19.8 Å². The molecule has 2 aliphatic rings. The number of hydrogen-bond donors (Lipinski definition) is 2. The molecule has 0 bridgehead atoms. The van der Waals surface area contributed by atoms with Gasteiger partial charge in [-0.3, -0.25) is 9.59 Å². The van der Waals surface area contributed by atoms with E-state index >= 15 is 0 Å². The molecular weight excluding hydrogens is 270 g/mol. The van der Waals surface area contributed by atoms with Gasteiger partial charge in [0.1, 0.15) is 0 Å². The molecular formula is C16H27NO4. The van der Waals surface area contributed by atoms with Crippen LogP contribution in [-0.4, -0.2) is 46.2 Å². The highest BCUT2D eigenvalue weighted by Crippen LogP contribution is 2.40. The van der Waals surface area contributed by atoms with E-state index in [4.69, 9.17) is 0 Å². The first kappa shape index (κ1) is 16.3. The van der Waals surface area contributed by atoms with Crippen LogP contribution in [0.2, 0.25) is 0 Å². The van der Waals surface area contributed by atoms with Gasteiger partial charge in [-0.1, -0.05) is 26.2 Å². The Hall–Kier alpha value is -1.10. The molecule has 2 N–H and O–H groups in total. The van der Waals surface area contributed by atoms with Gasteiger partial charge >= 0.3 is 5.97 Å². The van der Waals surface area contributed by atoms with Crippen LogP contribution in [0.1, 0.15) is 51.9 Å². The van der Waals surface area contributed by atoms with Crippen LogP contribution in [0.25, 0.3) is 0 Å². The van der Waals surface area contributed by atoms with Crippen molar-refractivity contribution < 1.29 is 19.8 Å². The first-order valence-corrected chi connectivity index (χ1v) is 8.22. The van der Waals surface area contributed by atoms with Gasteiger partial charge < -0.3 is 15.1 Å². The average Bonchev–Trinajstić information content (AvgIpc) is 2.78. The number of carbonyl (C=O) groups excluding carboxylic acids is 1. The molecule has 4 unspecified atom stereocenters. The van der Waals surface area contributed by atoms with E-state index in [0.717, 1.165) is 32.1 Å². The maximum absolute atomic E-state index is 12.9. The summed E-state index contributed by atoms with van der Waals surface area (Å²) in [7, 11) is 0. The topological polar surface area (TPSA) is 77.8 Å². The molecule has 0 aromatic rings. The second-order valence-corrected chi connectivity index (χ2v) is 6.51. The number of aliphatic carboxylic acids is 1. The fourth-order valence-electron chi connectivity index (χ4n) is 3.89. The molecule has 5 nitrogen and oxygen atoms in total. The summed E-state index contributed by atoms with van der Waals surface area (Å²) in [6, 6.07) is -0.130. The Morgan fingerprint density at radius 1 is 1.14 bits per heavy atom. The Labute approximate surface area is 126 Å². The lowest BCUT2D eigenvalue weighted by Gasteiger charge is -2.32. The van der Waals surface area contributed by atoms with Crippen LogP contribution in [0.5, 0.6) is 0 Å². The van der Waals surface area contributed by atoms with E-state index in [1.165, 1.54) is 0 Å². The molecule has 1 aliphatic heterocycles. The molecule has 21 heavy (non-hydrogen) atoms. The van der Waals surface area contributed by atoms with Gasteiger partial charge in [0.15, 0.2) is 0 Å². The summed E-state index contributed by atoms with van der Waals surface area (Å²) < 4.78 is 0. The highest BCUT2D eigenvalue weighted by atomic mass is 16.4. The number of aliphatic hydroxyl groups excluding tert-OH is 1. The summed E-state index contributed by atoms with van der Waals surface area (Å²) in [6.07, 6.45) is 6.09. The maximum Gasteiger partial charge on any atom is 0.307 e. The smallest absolute Gasteiger partial charge is 0.307 e. The van der Waals surface area contributed by atoms with Gasteiger partial charge in [0.2, 0.25) is 5.91 Å².